The van der Waals surface area contributed by atoms with Gasteiger partial charge in [-0.2, -0.15) is 5.10 Å². The number of ether oxygens (including phenoxy) is 1. The van der Waals surface area contributed by atoms with Gasteiger partial charge in [0.1, 0.15) is 5.60 Å². The third-order valence-electron chi connectivity index (χ3n) is 4.03. The van der Waals surface area contributed by atoms with Crippen LogP contribution in [0.2, 0.25) is 0 Å². The summed E-state index contributed by atoms with van der Waals surface area (Å²) >= 11 is 0. The molecule has 0 N–H and O–H groups in total. The van der Waals surface area contributed by atoms with Crippen molar-refractivity contribution < 1.29 is 9.53 Å². The largest absolute Gasteiger partial charge is 0.443 e. The standard InChI is InChI=1S/C19H25N3O2/c1-13-6-9-17(22(11-13)18(23)24-19(2,3)4)14-7-8-16-15(10-14)12-21(5)20-16/h7-10,12-13H,6,11H2,1-5H3/t13-/m1/s1. The Labute approximate surface area is 142 Å². The highest BCUT2D eigenvalue weighted by molar-refractivity contribution is 5.87. The number of aryl methyl sites for hydroxylation is 1. The van der Waals surface area contributed by atoms with E-state index in [0.717, 1.165) is 28.6 Å². The van der Waals surface area contributed by atoms with Crippen LogP contribution in [0.1, 0.15) is 39.7 Å². The molecule has 2 heterocycles. The van der Waals surface area contributed by atoms with Crippen LogP contribution in [0.25, 0.3) is 16.6 Å². The first kappa shape index (κ1) is 16.6. The van der Waals surface area contributed by atoms with Gasteiger partial charge in [-0.1, -0.05) is 19.1 Å². The van der Waals surface area contributed by atoms with Gasteiger partial charge >= 0.3 is 6.09 Å². The van der Waals surface area contributed by atoms with E-state index in [0.29, 0.717) is 12.5 Å². The van der Waals surface area contributed by atoms with Gasteiger partial charge in [0.25, 0.3) is 0 Å². The first-order valence-corrected chi connectivity index (χ1v) is 8.37. The Morgan fingerprint density at radius 3 is 2.79 bits per heavy atom. The Kier molecular flexibility index (Phi) is 4.11. The number of allylic oxidation sites excluding steroid dienone is 1. The SMILES string of the molecule is C[C@@H]1CC=C(c2ccc3nn(C)cc3c2)N(C(=O)OC(C)(C)C)C1. The van der Waals surface area contributed by atoms with Gasteiger partial charge in [0.15, 0.2) is 0 Å². The molecular weight excluding hydrogens is 302 g/mol. The molecule has 0 unspecified atom stereocenters. The third-order valence-corrected chi connectivity index (χ3v) is 4.03. The molecule has 1 aromatic heterocycles. The Morgan fingerprint density at radius 1 is 1.33 bits per heavy atom. The number of nitrogens with zero attached hydrogens (tertiary/aromatic N) is 3. The molecule has 0 aliphatic carbocycles. The fourth-order valence-electron chi connectivity index (χ4n) is 2.98. The van der Waals surface area contributed by atoms with E-state index in [-0.39, 0.29) is 6.09 Å². The van der Waals surface area contributed by atoms with E-state index in [1.54, 1.807) is 9.58 Å². The van der Waals surface area contributed by atoms with Crippen molar-refractivity contribution in [3.05, 3.63) is 36.0 Å². The van der Waals surface area contributed by atoms with Crippen molar-refractivity contribution in [3.63, 3.8) is 0 Å². The van der Waals surface area contributed by atoms with Gasteiger partial charge in [0, 0.05) is 25.2 Å². The lowest BCUT2D eigenvalue weighted by Gasteiger charge is -2.33. The summed E-state index contributed by atoms with van der Waals surface area (Å²) in [6.07, 6.45) is 4.80. The monoisotopic (exact) mass is 327 g/mol. The van der Waals surface area contributed by atoms with Crippen molar-refractivity contribution in [2.24, 2.45) is 13.0 Å². The van der Waals surface area contributed by atoms with Gasteiger partial charge in [-0.3, -0.25) is 9.58 Å². The molecule has 1 atom stereocenters. The molecule has 0 saturated heterocycles. The van der Waals surface area contributed by atoms with Crippen molar-refractivity contribution in [2.45, 2.75) is 39.7 Å². The number of rotatable bonds is 1. The lowest BCUT2D eigenvalue weighted by atomic mass is 9.98. The van der Waals surface area contributed by atoms with E-state index >= 15 is 0 Å². The average molecular weight is 327 g/mol. The summed E-state index contributed by atoms with van der Waals surface area (Å²) in [5, 5.41) is 5.47. The fraction of sp³-hybridized carbons (Fsp3) is 0.474. The van der Waals surface area contributed by atoms with Crippen molar-refractivity contribution >= 4 is 22.7 Å². The van der Waals surface area contributed by atoms with E-state index < -0.39 is 5.60 Å². The van der Waals surface area contributed by atoms with Crippen molar-refractivity contribution in [1.82, 2.24) is 14.7 Å². The summed E-state index contributed by atoms with van der Waals surface area (Å²) in [7, 11) is 1.91. The van der Waals surface area contributed by atoms with Crippen LogP contribution in [0.4, 0.5) is 4.79 Å². The first-order valence-electron chi connectivity index (χ1n) is 8.37. The molecule has 24 heavy (non-hydrogen) atoms. The average Bonchev–Trinajstić information content (AvgIpc) is 2.84. The molecule has 0 saturated carbocycles. The number of hydrogen-bond donors (Lipinski definition) is 0. The second-order valence-electron chi connectivity index (χ2n) is 7.60. The smallest absolute Gasteiger partial charge is 0.414 e. The summed E-state index contributed by atoms with van der Waals surface area (Å²) in [4.78, 5) is 14.4. The van der Waals surface area contributed by atoms with Crippen LogP contribution in [-0.2, 0) is 11.8 Å². The Balaban J connectivity index is 1.96. The summed E-state index contributed by atoms with van der Waals surface area (Å²) in [6.45, 7) is 8.50. The Morgan fingerprint density at radius 2 is 2.08 bits per heavy atom. The molecule has 0 spiro atoms. The zero-order chi connectivity index (χ0) is 17.5. The molecule has 5 nitrogen and oxygen atoms in total. The van der Waals surface area contributed by atoms with E-state index in [4.69, 9.17) is 4.74 Å². The van der Waals surface area contributed by atoms with Crippen LogP contribution < -0.4 is 0 Å². The maximum absolute atomic E-state index is 12.7. The molecule has 0 radical (unpaired) electrons. The fourth-order valence-corrected chi connectivity index (χ4v) is 2.98. The Bertz CT molecular complexity index is 799. The molecule has 1 aliphatic heterocycles. The highest BCUT2D eigenvalue weighted by Gasteiger charge is 2.29. The number of benzene rings is 1. The predicted octanol–water partition coefficient (Wildman–Crippen LogP) is 4.19. The van der Waals surface area contributed by atoms with Crippen LogP contribution in [0.5, 0.6) is 0 Å². The first-order chi connectivity index (χ1) is 11.2. The zero-order valence-corrected chi connectivity index (χ0v) is 15.0. The number of aromatic nitrogens is 2. The zero-order valence-electron chi connectivity index (χ0n) is 15.0. The lowest BCUT2D eigenvalue weighted by molar-refractivity contribution is 0.0327. The minimum absolute atomic E-state index is 0.286. The number of carbonyl (C=O) groups is 1. The van der Waals surface area contributed by atoms with Crippen molar-refractivity contribution in [3.8, 4) is 0 Å². The van der Waals surface area contributed by atoms with Crippen molar-refractivity contribution in [2.75, 3.05) is 6.54 Å². The van der Waals surface area contributed by atoms with Crippen LogP contribution in [-0.4, -0.2) is 32.9 Å². The molecule has 1 amide bonds. The molecule has 5 heteroatoms. The highest BCUT2D eigenvalue weighted by atomic mass is 16.6. The number of carbonyl (C=O) groups excluding carboxylic acids is 1. The molecule has 0 bridgehead atoms. The molecule has 0 fully saturated rings. The predicted molar refractivity (Wildman–Crippen MR) is 95.4 cm³/mol. The summed E-state index contributed by atoms with van der Waals surface area (Å²) < 4.78 is 7.40. The molecule has 2 aromatic rings. The minimum atomic E-state index is -0.504. The Hall–Kier alpha value is -2.30. The summed E-state index contributed by atoms with van der Waals surface area (Å²) in [5.41, 5.74) is 2.40. The van der Waals surface area contributed by atoms with Crippen LogP contribution in [0, 0.1) is 5.92 Å². The molecule has 128 valence electrons. The minimum Gasteiger partial charge on any atom is -0.443 e. The third kappa shape index (κ3) is 3.45. The maximum Gasteiger partial charge on any atom is 0.414 e. The van der Waals surface area contributed by atoms with Gasteiger partial charge in [-0.15, -0.1) is 0 Å². The second-order valence-corrected chi connectivity index (χ2v) is 7.60. The topological polar surface area (TPSA) is 47.4 Å². The number of fused-ring (bicyclic) bond motifs is 1. The van der Waals surface area contributed by atoms with E-state index in [2.05, 4.69) is 24.2 Å². The quantitative estimate of drug-likeness (QED) is 0.789. The molecular formula is C19H25N3O2. The number of amides is 1. The maximum atomic E-state index is 12.7. The van der Waals surface area contributed by atoms with Crippen molar-refractivity contribution in [1.29, 1.82) is 0 Å². The summed E-state index contributed by atoms with van der Waals surface area (Å²) in [6, 6.07) is 6.10. The van der Waals surface area contributed by atoms with Crippen LogP contribution >= 0.6 is 0 Å². The lowest BCUT2D eigenvalue weighted by Crippen LogP contribution is -2.39. The molecule has 1 aliphatic rings. The van der Waals surface area contributed by atoms with Gasteiger partial charge < -0.3 is 4.74 Å². The molecule has 1 aromatic carbocycles. The normalized spacial score (nSPS) is 18.6. The van der Waals surface area contributed by atoms with Gasteiger partial charge in [0.2, 0.25) is 0 Å². The van der Waals surface area contributed by atoms with E-state index in [1.807, 2.05) is 46.1 Å². The van der Waals surface area contributed by atoms with E-state index in [1.165, 1.54) is 0 Å². The van der Waals surface area contributed by atoms with Gasteiger partial charge in [0.05, 0.1) is 11.2 Å². The number of hydrogen-bond acceptors (Lipinski definition) is 3. The van der Waals surface area contributed by atoms with Crippen LogP contribution in [0.3, 0.4) is 0 Å². The van der Waals surface area contributed by atoms with E-state index in [9.17, 15) is 4.79 Å². The van der Waals surface area contributed by atoms with Gasteiger partial charge in [-0.25, -0.2) is 4.79 Å². The second kappa shape index (κ2) is 5.96. The summed E-state index contributed by atoms with van der Waals surface area (Å²) in [5.74, 6) is 0.420. The highest BCUT2D eigenvalue weighted by Crippen LogP contribution is 2.30. The van der Waals surface area contributed by atoms with Gasteiger partial charge in [-0.05, 0) is 50.8 Å². The molecule has 3 rings (SSSR count). The van der Waals surface area contributed by atoms with Crippen LogP contribution in [0.15, 0.2) is 30.5 Å².